The van der Waals surface area contributed by atoms with Gasteiger partial charge in [-0.15, -0.1) is 0 Å². The van der Waals surface area contributed by atoms with E-state index in [2.05, 4.69) is 13.8 Å². The molecule has 1 rings (SSSR count). The minimum Gasteiger partial charge on any atom is -0.345 e. The highest BCUT2D eigenvalue weighted by Crippen LogP contribution is 2.06. The third-order valence-electron chi connectivity index (χ3n) is 3.47. The highest BCUT2D eigenvalue weighted by molar-refractivity contribution is 5.76. The summed E-state index contributed by atoms with van der Waals surface area (Å²) in [5, 5.41) is 0. The molecular formula is C16H26N2O2. The topological polar surface area (TPSA) is 42.3 Å². The summed E-state index contributed by atoms with van der Waals surface area (Å²) >= 11 is 0. The van der Waals surface area contributed by atoms with E-state index in [1.54, 1.807) is 6.07 Å². The molecule has 0 saturated carbocycles. The number of carbonyl (C=O) groups is 2. The molecule has 4 heteroatoms. The maximum atomic E-state index is 12.3. The van der Waals surface area contributed by atoms with E-state index < -0.39 is 0 Å². The van der Waals surface area contributed by atoms with Crippen LogP contribution in [-0.2, 0) is 11.3 Å². The van der Waals surface area contributed by atoms with E-state index in [4.69, 9.17) is 0 Å². The molecule has 0 radical (unpaired) electrons. The lowest BCUT2D eigenvalue weighted by Gasteiger charge is -2.22. The number of amides is 1. The molecule has 0 aromatic carbocycles. The van der Waals surface area contributed by atoms with Crippen LogP contribution in [0.15, 0.2) is 18.3 Å². The van der Waals surface area contributed by atoms with E-state index in [1.165, 1.54) is 0 Å². The van der Waals surface area contributed by atoms with E-state index in [0.29, 0.717) is 18.7 Å². The third-order valence-corrected chi connectivity index (χ3v) is 3.47. The van der Waals surface area contributed by atoms with Crippen LogP contribution in [0.4, 0.5) is 0 Å². The summed E-state index contributed by atoms with van der Waals surface area (Å²) in [5.74, 6) is 0.192. The number of rotatable bonds is 10. The average molecular weight is 278 g/mol. The normalized spacial score (nSPS) is 10.5. The summed E-state index contributed by atoms with van der Waals surface area (Å²) < 4.78 is 1.84. The lowest BCUT2D eigenvalue weighted by molar-refractivity contribution is -0.131. The Labute approximate surface area is 121 Å². The second-order valence-corrected chi connectivity index (χ2v) is 5.08. The van der Waals surface area contributed by atoms with Crippen molar-refractivity contribution in [3.63, 3.8) is 0 Å². The summed E-state index contributed by atoms with van der Waals surface area (Å²) in [4.78, 5) is 25.1. The average Bonchev–Trinajstić information content (AvgIpc) is 2.92. The first-order chi connectivity index (χ1) is 9.72. The number of hydrogen-bond donors (Lipinski definition) is 0. The number of aryl methyl sites for hydroxylation is 1. The van der Waals surface area contributed by atoms with Crippen LogP contribution in [0.3, 0.4) is 0 Å². The summed E-state index contributed by atoms with van der Waals surface area (Å²) in [6, 6.07) is 3.60. The Balaban J connectivity index is 2.49. The van der Waals surface area contributed by atoms with Crippen molar-refractivity contribution < 1.29 is 9.59 Å². The third kappa shape index (κ3) is 5.19. The highest BCUT2D eigenvalue weighted by Gasteiger charge is 2.12. The Bertz CT molecular complexity index is 404. The van der Waals surface area contributed by atoms with Gasteiger partial charge in [0.2, 0.25) is 5.91 Å². The Hall–Kier alpha value is -1.58. The minimum absolute atomic E-state index is 0.192. The molecule has 0 saturated heterocycles. The van der Waals surface area contributed by atoms with Crippen LogP contribution in [-0.4, -0.2) is 34.7 Å². The standard InChI is InChI=1S/C16H26N2O2/c1-3-5-10-18(11-6-4-2)16(20)9-13-17-12-7-8-15(17)14-19/h7-8,12,14H,3-6,9-11,13H2,1-2H3. The van der Waals surface area contributed by atoms with Gasteiger partial charge >= 0.3 is 0 Å². The Morgan fingerprint density at radius 2 is 1.90 bits per heavy atom. The molecule has 1 aromatic heterocycles. The summed E-state index contributed by atoms with van der Waals surface area (Å²) in [5.41, 5.74) is 0.631. The molecule has 0 N–H and O–H groups in total. The zero-order valence-corrected chi connectivity index (χ0v) is 12.7. The Kier molecular flexibility index (Phi) is 7.70. The first-order valence-electron chi connectivity index (χ1n) is 7.61. The molecule has 0 aliphatic heterocycles. The Morgan fingerprint density at radius 3 is 2.45 bits per heavy atom. The fourth-order valence-corrected chi connectivity index (χ4v) is 2.17. The van der Waals surface area contributed by atoms with Crippen molar-refractivity contribution in [2.45, 2.75) is 52.5 Å². The van der Waals surface area contributed by atoms with Crippen LogP contribution in [0.5, 0.6) is 0 Å². The molecule has 1 amide bonds. The van der Waals surface area contributed by atoms with Gasteiger partial charge in [0.1, 0.15) is 0 Å². The van der Waals surface area contributed by atoms with Gasteiger partial charge in [-0.3, -0.25) is 9.59 Å². The van der Waals surface area contributed by atoms with Crippen molar-refractivity contribution in [3.05, 3.63) is 24.0 Å². The summed E-state index contributed by atoms with van der Waals surface area (Å²) in [6.45, 7) is 6.55. The quantitative estimate of drug-likeness (QED) is 0.617. The van der Waals surface area contributed by atoms with E-state index in [0.717, 1.165) is 45.1 Å². The van der Waals surface area contributed by atoms with Crippen LogP contribution in [0, 0.1) is 0 Å². The van der Waals surface area contributed by atoms with Crippen molar-refractivity contribution in [3.8, 4) is 0 Å². The largest absolute Gasteiger partial charge is 0.345 e. The number of unbranched alkanes of at least 4 members (excludes halogenated alkanes) is 2. The van der Waals surface area contributed by atoms with Crippen LogP contribution in [0.2, 0.25) is 0 Å². The van der Waals surface area contributed by atoms with Crippen LogP contribution in [0.25, 0.3) is 0 Å². The van der Waals surface area contributed by atoms with Gasteiger partial charge in [-0.1, -0.05) is 26.7 Å². The van der Waals surface area contributed by atoms with Crippen molar-refractivity contribution in [2.75, 3.05) is 13.1 Å². The SMILES string of the molecule is CCCCN(CCCC)C(=O)CCn1cccc1C=O. The maximum absolute atomic E-state index is 12.3. The molecule has 0 unspecified atom stereocenters. The maximum Gasteiger partial charge on any atom is 0.224 e. The van der Waals surface area contributed by atoms with Crippen molar-refractivity contribution in [1.29, 1.82) is 0 Å². The number of nitrogens with zero attached hydrogens (tertiary/aromatic N) is 2. The zero-order chi connectivity index (χ0) is 14.8. The zero-order valence-electron chi connectivity index (χ0n) is 12.7. The van der Waals surface area contributed by atoms with Gasteiger partial charge in [0.15, 0.2) is 6.29 Å². The predicted octanol–water partition coefficient (Wildman–Crippen LogP) is 3.12. The summed E-state index contributed by atoms with van der Waals surface area (Å²) in [7, 11) is 0. The van der Waals surface area contributed by atoms with Gasteiger partial charge in [0.05, 0.1) is 5.69 Å². The van der Waals surface area contributed by atoms with Crippen molar-refractivity contribution in [2.24, 2.45) is 0 Å². The van der Waals surface area contributed by atoms with E-state index in [1.807, 2.05) is 21.7 Å². The van der Waals surface area contributed by atoms with E-state index in [9.17, 15) is 9.59 Å². The Morgan fingerprint density at radius 1 is 1.25 bits per heavy atom. The molecule has 0 atom stereocenters. The second kappa shape index (κ2) is 9.34. The van der Waals surface area contributed by atoms with E-state index >= 15 is 0 Å². The van der Waals surface area contributed by atoms with Crippen LogP contribution >= 0.6 is 0 Å². The molecule has 0 spiro atoms. The van der Waals surface area contributed by atoms with Gasteiger partial charge in [-0.05, 0) is 25.0 Å². The van der Waals surface area contributed by atoms with Gasteiger partial charge in [0.25, 0.3) is 0 Å². The van der Waals surface area contributed by atoms with Gasteiger partial charge in [-0.25, -0.2) is 0 Å². The van der Waals surface area contributed by atoms with Gasteiger partial charge in [-0.2, -0.15) is 0 Å². The molecule has 4 nitrogen and oxygen atoms in total. The molecule has 0 bridgehead atoms. The number of hydrogen-bond acceptors (Lipinski definition) is 2. The summed E-state index contributed by atoms with van der Waals surface area (Å²) in [6.07, 6.45) is 7.45. The number of aromatic nitrogens is 1. The first-order valence-corrected chi connectivity index (χ1v) is 7.61. The fourth-order valence-electron chi connectivity index (χ4n) is 2.17. The molecule has 0 aliphatic rings. The predicted molar refractivity (Wildman–Crippen MR) is 80.8 cm³/mol. The van der Waals surface area contributed by atoms with Crippen LogP contribution < -0.4 is 0 Å². The van der Waals surface area contributed by atoms with E-state index in [-0.39, 0.29) is 5.91 Å². The number of carbonyl (C=O) groups excluding carboxylic acids is 2. The van der Waals surface area contributed by atoms with Crippen molar-refractivity contribution in [1.82, 2.24) is 9.47 Å². The van der Waals surface area contributed by atoms with Gasteiger partial charge < -0.3 is 9.47 Å². The van der Waals surface area contributed by atoms with Crippen molar-refractivity contribution >= 4 is 12.2 Å². The molecule has 1 aromatic rings. The number of aldehydes is 1. The monoisotopic (exact) mass is 278 g/mol. The lowest BCUT2D eigenvalue weighted by Crippen LogP contribution is -2.33. The van der Waals surface area contributed by atoms with Gasteiger partial charge in [0, 0.05) is 32.3 Å². The van der Waals surface area contributed by atoms with Crippen LogP contribution in [0.1, 0.15) is 56.4 Å². The molecule has 1 heterocycles. The molecular weight excluding hydrogens is 252 g/mol. The fraction of sp³-hybridized carbons (Fsp3) is 0.625. The minimum atomic E-state index is 0.192. The molecule has 112 valence electrons. The first kappa shape index (κ1) is 16.5. The highest BCUT2D eigenvalue weighted by atomic mass is 16.2. The lowest BCUT2D eigenvalue weighted by atomic mass is 10.2. The molecule has 20 heavy (non-hydrogen) atoms. The smallest absolute Gasteiger partial charge is 0.224 e. The second-order valence-electron chi connectivity index (χ2n) is 5.08. The molecule has 0 fully saturated rings. The molecule has 0 aliphatic carbocycles.